The Kier molecular flexibility index (Phi) is 5.64. The molecule has 0 radical (unpaired) electrons. The van der Waals surface area contributed by atoms with Gasteiger partial charge in [-0.3, -0.25) is 0 Å². The first-order chi connectivity index (χ1) is 18.0. The molecule has 0 aliphatic carbocycles. The number of halogens is 1. The van der Waals surface area contributed by atoms with Gasteiger partial charge in [-0.05, 0) is 48.4 Å². The molecule has 0 bridgehead atoms. The van der Waals surface area contributed by atoms with Crippen molar-refractivity contribution in [3.05, 3.63) is 77.7 Å². The second-order valence-corrected chi connectivity index (χ2v) is 9.27. The lowest BCUT2D eigenvalue weighted by Gasteiger charge is -2.13. The Morgan fingerprint density at radius 1 is 1.03 bits per heavy atom. The lowest BCUT2D eigenvalue weighted by molar-refractivity contribution is 0.0516. The smallest absolute Gasteiger partial charge is 0.355 e. The van der Waals surface area contributed by atoms with Crippen molar-refractivity contribution in [2.45, 2.75) is 13.5 Å². The van der Waals surface area contributed by atoms with Crippen LogP contribution in [0.2, 0.25) is 0 Å². The third-order valence-electron chi connectivity index (χ3n) is 6.66. The van der Waals surface area contributed by atoms with E-state index in [1.807, 2.05) is 54.1 Å². The number of nitrogens with zero attached hydrogens (tertiary/aromatic N) is 4. The molecule has 0 saturated heterocycles. The van der Waals surface area contributed by atoms with Gasteiger partial charge in [0.25, 0.3) is 0 Å². The fourth-order valence-corrected chi connectivity index (χ4v) is 5.58. The summed E-state index contributed by atoms with van der Waals surface area (Å²) in [6, 6.07) is 18.7. The van der Waals surface area contributed by atoms with Crippen molar-refractivity contribution in [3.8, 4) is 16.9 Å². The molecule has 0 N–H and O–H groups in total. The molecule has 0 fully saturated rings. The summed E-state index contributed by atoms with van der Waals surface area (Å²) in [5.41, 5.74) is 6.85. The molecule has 0 atom stereocenters. The van der Waals surface area contributed by atoms with Gasteiger partial charge in [0.05, 0.1) is 42.0 Å². The number of aromatic nitrogens is 4. The Morgan fingerprint density at radius 2 is 1.84 bits per heavy atom. The summed E-state index contributed by atoms with van der Waals surface area (Å²) in [5.74, 6) is -0.833. The molecule has 3 aromatic carbocycles. The lowest BCUT2D eigenvalue weighted by atomic mass is 10.0. The van der Waals surface area contributed by atoms with E-state index >= 15 is 0 Å². The molecule has 186 valence electrons. The Labute approximate surface area is 216 Å². The van der Waals surface area contributed by atoms with Crippen LogP contribution in [0.1, 0.15) is 23.0 Å². The molecule has 0 saturated carbocycles. The van der Waals surface area contributed by atoms with Gasteiger partial charge < -0.3 is 18.6 Å². The number of benzene rings is 3. The zero-order valence-electron chi connectivity index (χ0n) is 20.5. The van der Waals surface area contributed by atoms with Gasteiger partial charge in [-0.2, -0.15) is 8.75 Å². The van der Waals surface area contributed by atoms with E-state index in [1.54, 1.807) is 19.1 Å². The van der Waals surface area contributed by atoms with Crippen LogP contribution in [0.4, 0.5) is 4.39 Å². The van der Waals surface area contributed by atoms with E-state index in [2.05, 4.69) is 13.3 Å². The number of para-hydroxylation sites is 1. The van der Waals surface area contributed by atoms with E-state index < -0.39 is 11.8 Å². The van der Waals surface area contributed by atoms with Crippen molar-refractivity contribution in [3.63, 3.8) is 0 Å². The van der Waals surface area contributed by atoms with E-state index in [4.69, 9.17) is 9.47 Å². The fourth-order valence-electron chi connectivity index (χ4n) is 5.07. The van der Waals surface area contributed by atoms with E-state index in [1.165, 1.54) is 24.9 Å². The first-order valence-corrected chi connectivity index (χ1v) is 12.6. The van der Waals surface area contributed by atoms with Crippen molar-refractivity contribution in [1.82, 2.24) is 17.9 Å². The van der Waals surface area contributed by atoms with Crippen LogP contribution in [-0.2, 0) is 18.3 Å². The maximum atomic E-state index is 14.9. The van der Waals surface area contributed by atoms with Crippen molar-refractivity contribution < 1.29 is 18.7 Å². The molecular weight excluding hydrogens is 491 g/mol. The summed E-state index contributed by atoms with van der Waals surface area (Å²) in [6.07, 6.45) is 0. The molecule has 0 aliphatic rings. The zero-order chi connectivity index (χ0) is 25.7. The topological polar surface area (TPSA) is 71.2 Å². The number of fused-ring (bicyclic) bond motifs is 4. The van der Waals surface area contributed by atoms with Gasteiger partial charge in [0, 0.05) is 24.5 Å². The molecular formula is C28H23FN4O3S. The van der Waals surface area contributed by atoms with E-state index in [-0.39, 0.29) is 12.4 Å². The summed E-state index contributed by atoms with van der Waals surface area (Å²) in [5, 5.41) is 0.988. The number of aryl methyl sites for hydroxylation is 1. The van der Waals surface area contributed by atoms with Gasteiger partial charge in [0.15, 0.2) is 11.6 Å². The Bertz CT molecular complexity index is 1820. The van der Waals surface area contributed by atoms with E-state index in [0.29, 0.717) is 23.4 Å². The SMILES string of the molecule is CCOC(=O)c1c(-c2ccc(OC)c(F)c2)c2c(c3ccccc3n2C)n1Cc1ccc2nsnc2c1. The highest BCUT2D eigenvalue weighted by molar-refractivity contribution is 7.00. The maximum absolute atomic E-state index is 14.9. The summed E-state index contributed by atoms with van der Waals surface area (Å²) < 4.78 is 38.3. The van der Waals surface area contributed by atoms with Crippen LogP contribution >= 0.6 is 11.7 Å². The molecule has 6 rings (SSSR count). The fraction of sp³-hybridized carbons (Fsp3) is 0.179. The number of ether oxygens (including phenoxy) is 2. The molecule has 3 aromatic heterocycles. The summed E-state index contributed by atoms with van der Waals surface area (Å²) in [6.45, 7) is 2.38. The number of hydrogen-bond donors (Lipinski definition) is 0. The van der Waals surface area contributed by atoms with E-state index in [0.717, 1.165) is 38.5 Å². The first kappa shape index (κ1) is 23.2. The van der Waals surface area contributed by atoms with Gasteiger partial charge in [0.2, 0.25) is 0 Å². The van der Waals surface area contributed by atoms with Crippen LogP contribution in [0.15, 0.2) is 60.7 Å². The predicted molar refractivity (Wildman–Crippen MR) is 143 cm³/mol. The predicted octanol–water partition coefficient (Wildman–Crippen LogP) is 6.18. The molecule has 0 amide bonds. The van der Waals surface area contributed by atoms with Gasteiger partial charge in [-0.25, -0.2) is 9.18 Å². The van der Waals surface area contributed by atoms with Crippen LogP contribution in [0.3, 0.4) is 0 Å². The average Bonchev–Trinajstić information content (AvgIpc) is 3.58. The van der Waals surface area contributed by atoms with Gasteiger partial charge in [-0.1, -0.05) is 30.3 Å². The normalized spacial score (nSPS) is 11.6. The van der Waals surface area contributed by atoms with Crippen LogP contribution in [0.25, 0.3) is 44.1 Å². The van der Waals surface area contributed by atoms with E-state index in [9.17, 15) is 9.18 Å². The minimum Gasteiger partial charge on any atom is -0.494 e. The highest BCUT2D eigenvalue weighted by atomic mass is 32.1. The van der Waals surface area contributed by atoms with Gasteiger partial charge >= 0.3 is 5.97 Å². The molecule has 0 spiro atoms. The average molecular weight is 515 g/mol. The minimum absolute atomic E-state index is 0.138. The number of esters is 1. The van der Waals surface area contributed by atoms with Crippen LogP contribution in [0, 0.1) is 5.82 Å². The third-order valence-corrected chi connectivity index (χ3v) is 7.22. The highest BCUT2D eigenvalue weighted by Crippen LogP contribution is 2.42. The first-order valence-electron chi connectivity index (χ1n) is 11.8. The summed E-state index contributed by atoms with van der Waals surface area (Å²) in [4.78, 5) is 13.6. The van der Waals surface area contributed by atoms with Crippen LogP contribution in [0.5, 0.6) is 5.75 Å². The van der Waals surface area contributed by atoms with Crippen LogP contribution < -0.4 is 4.74 Å². The monoisotopic (exact) mass is 514 g/mol. The highest BCUT2D eigenvalue weighted by Gasteiger charge is 2.29. The molecule has 0 aliphatic heterocycles. The quantitative estimate of drug-likeness (QED) is 0.248. The van der Waals surface area contributed by atoms with Crippen LogP contribution in [-0.4, -0.2) is 37.6 Å². The largest absolute Gasteiger partial charge is 0.494 e. The Balaban J connectivity index is 1.70. The number of hydrogen-bond acceptors (Lipinski definition) is 6. The molecule has 37 heavy (non-hydrogen) atoms. The Morgan fingerprint density at radius 3 is 2.62 bits per heavy atom. The van der Waals surface area contributed by atoms with Gasteiger partial charge in [0.1, 0.15) is 16.7 Å². The summed E-state index contributed by atoms with van der Waals surface area (Å²) >= 11 is 1.17. The second-order valence-electron chi connectivity index (χ2n) is 8.74. The Hall–Kier alpha value is -4.24. The lowest BCUT2D eigenvalue weighted by Crippen LogP contribution is -2.14. The number of rotatable bonds is 6. The minimum atomic E-state index is -0.504. The third kappa shape index (κ3) is 3.65. The molecule has 6 aromatic rings. The molecule has 0 unspecified atom stereocenters. The standard InChI is InChI=1S/C28H23FN4O3S/c1-4-36-28(34)27-24(17-10-12-23(35-3)19(29)14-17)26-25(18-7-5-6-8-22(18)32(26)2)33(27)15-16-9-11-20-21(13-16)31-37-30-20/h5-14H,4,15H2,1-3H3. The number of carbonyl (C=O) groups excluding carboxylic acids is 1. The van der Waals surface area contributed by atoms with Crippen molar-refractivity contribution >= 4 is 50.7 Å². The van der Waals surface area contributed by atoms with Crippen molar-refractivity contribution in [2.75, 3.05) is 13.7 Å². The maximum Gasteiger partial charge on any atom is 0.355 e. The molecule has 3 heterocycles. The second kappa shape index (κ2) is 9.01. The van der Waals surface area contributed by atoms with Crippen molar-refractivity contribution in [1.29, 1.82) is 0 Å². The molecule has 7 nitrogen and oxygen atoms in total. The number of carbonyl (C=O) groups is 1. The number of methoxy groups -OCH3 is 1. The zero-order valence-corrected chi connectivity index (χ0v) is 21.3. The van der Waals surface area contributed by atoms with Gasteiger partial charge in [-0.15, -0.1) is 0 Å². The molecule has 9 heteroatoms. The summed E-state index contributed by atoms with van der Waals surface area (Å²) in [7, 11) is 3.38. The van der Waals surface area contributed by atoms with Crippen molar-refractivity contribution in [2.24, 2.45) is 7.05 Å².